The quantitative estimate of drug-likeness (QED) is 0.258. The smallest absolute Gasteiger partial charge is 0.275 e. The molecule has 0 atom stereocenters. The Kier molecular flexibility index (Phi) is 6.82. The SMILES string of the molecule is COc1ccc(Br)cc1C(=O)N/N=C\c1ccc(OCc2cccc3ccccc23)cc1. The van der Waals surface area contributed by atoms with Crippen molar-refractivity contribution in [1.82, 2.24) is 5.43 Å². The second-order valence-corrected chi connectivity index (χ2v) is 7.96. The number of benzene rings is 4. The summed E-state index contributed by atoms with van der Waals surface area (Å²) in [5, 5.41) is 6.43. The lowest BCUT2D eigenvalue weighted by molar-refractivity contribution is 0.0952. The van der Waals surface area contributed by atoms with Crippen LogP contribution in [0.25, 0.3) is 10.8 Å². The van der Waals surface area contributed by atoms with Crippen LogP contribution in [0.2, 0.25) is 0 Å². The van der Waals surface area contributed by atoms with Gasteiger partial charge in [0.2, 0.25) is 0 Å². The van der Waals surface area contributed by atoms with E-state index in [1.54, 1.807) is 18.3 Å². The fourth-order valence-electron chi connectivity index (χ4n) is 3.31. The van der Waals surface area contributed by atoms with Crippen LogP contribution >= 0.6 is 15.9 Å². The first-order valence-electron chi connectivity index (χ1n) is 10.0. The van der Waals surface area contributed by atoms with E-state index in [1.807, 2.05) is 48.5 Å². The summed E-state index contributed by atoms with van der Waals surface area (Å²) < 4.78 is 12.0. The van der Waals surface area contributed by atoms with E-state index in [0.29, 0.717) is 17.9 Å². The minimum Gasteiger partial charge on any atom is -0.496 e. The summed E-state index contributed by atoms with van der Waals surface area (Å²) in [5.41, 5.74) is 4.90. The molecule has 0 aliphatic carbocycles. The Balaban J connectivity index is 1.36. The van der Waals surface area contributed by atoms with Crippen molar-refractivity contribution >= 4 is 38.8 Å². The fourth-order valence-corrected chi connectivity index (χ4v) is 3.67. The average Bonchev–Trinajstić information content (AvgIpc) is 2.83. The molecule has 4 aromatic rings. The van der Waals surface area contributed by atoms with Crippen LogP contribution in [-0.4, -0.2) is 19.2 Å². The van der Waals surface area contributed by atoms with E-state index in [2.05, 4.69) is 50.7 Å². The van der Waals surface area contributed by atoms with E-state index >= 15 is 0 Å². The Morgan fingerprint density at radius 3 is 2.59 bits per heavy atom. The van der Waals surface area contributed by atoms with E-state index in [1.165, 1.54) is 17.9 Å². The van der Waals surface area contributed by atoms with Crippen molar-refractivity contribution in [3.8, 4) is 11.5 Å². The lowest BCUT2D eigenvalue weighted by Gasteiger charge is -2.09. The molecule has 0 saturated heterocycles. The molecular formula is C26H21BrN2O3. The maximum Gasteiger partial charge on any atom is 0.275 e. The number of nitrogens with one attached hydrogen (secondary N) is 1. The predicted octanol–water partition coefficient (Wildman–Crippen LogP) is 5.95. The van der Waals surface area contributed by atoms with Crippen LogP contribution in [0.4, 0.5) is 0 Å². The first kappa shape index (κ1) is 21.6. The van der Waals surface area contributed by atoms with Crippen LogP contribution < -0.4 is 14.9 Å². The van der Waals surface area contributed by atoms with Crippen molar-refractivity contribution in [1.29, 1.82) is 0 Å². The normalized spacial score (nSPS) is 10.9. The number of hydrogen-bond acceptors (Lipinski definition) is 4. The summed E-state index contributed by atoms with van der Waals surface area (Å²) >= 11 is 3.36. The van der Waals surface area contributed by atoms with Gasteiger partial charge in [-0.25, -0.2) is 5.43 Å². The van der Waals surface area contributed by atoms with Gasteiger partial charge in [-0.3, -0.25) is 4.79 Å². The molecule has 0 spiro atoms. The zero-order valence-corrected chi connectivity index (χ0v) is 19.0. The van der Waals surface area contributed by atoms with Crippen LogP contribution in [-0.2, 0) is 6.61 Å². The highest BCUT2D eigenvalue weighted by Gasteiger charge is 2.12. The second kappa shape index (κ2) is 10.1. The van der Waals surface area contributed by atoms with Crippen LogP contribution in [0.5, 0.6) is 11.5 Å². The molecule has 0 radical (unpaired) electrons. The predicted molar refractivity (Wildman–Crippen MR) is 130 cm³/mol. The highest BCUT2D eigenvalue weighted by Crippen LogP contribution is 2.23. The number of fused-ring (bicyclic) bond motifs is 1. The lowest BCUT2D eigenvalue weighted by Crippen LogP contribution is -2.18. The Labute approximate surface area is 194 Å². The van der Waals surface area contributed by atoms with Crippen LogP contribution in [0.3, 0.4) is 0 Å². The summed E-state index contributed by atoms with van der Waals surface area (Å²) in [7, 11) is 1.52. The summed E-state index contributed by atoms with van der Waals surface area (Å²) in [6.07, 6.45) is 1.58. The minimum absolute atomic E-state index is 0.352. The molecule has 1 amide bonds. The van der Waals surface area contributed by atoms with Crippen molar-refractivity contribution in [3.05, 3.63) is 106 Å². The van der Waals surface area contributed by atoms with Gasteiger partial charge >= 0.3 is 0 Å². The summed E-state index contributed by atoms with van der Waals surface area (Å²) in [4.78, 5) is 12.4. The molecular weight excluding hydrogens is 468 g/mol. The molecule has 0 aliphatic heterocycles. The number of halogens is 1. The van der Waals surface area contributed by atoms with Crippen molar-refractivity contribution in [3.63, 3.8) is 0 Å². The highest BCUT2D eigenvalue weighted by atomic mass is 79.9. The Bertz CT molecular complexity index is 1260. The molecule has 0 heterocycles. The largest absolute Gasteiger partial charge is 0.496 e. The molecule has 0 aliphatic rings. The highest BCUT2D eigenvalue weighted by molar-refractivity contribution is 9.10. The minimum atomic E-state index is -0.352. The van der Waals surface area contributed by atoms with E-state index in [4.69, 9.17) is 9.47 Å². The van der Waals surface area contributed by atoms with Gasteiger partial charge in [0.15, 0.2) is 0 Å². The third-order valence-corrected chi connectivity index (χ3v) is 5.43. The molecule has 6 heteroatoms. The topological polar surface area (TPSA) is 59.9 Å². The number of carbonyl (C=O) groups excluding carboxylic acids is 1. The third kappa shape index (κ3) is 5.15. The molecule has 0 unspecified atom stereocenters. The number of ether oxygens (including phenoxy) is 2. The second-order valence-electron chi connectivity index (χ2n) is 7.04. The van der Waals surface area contributed by atoms with Crippen LogP contribution in [0, 0.1) is 0 Å². The van der Waals surface area contributed by atoms with Crippen molar-refractivity contribution in [2.24, 2.45) is 5.10 Å². The van der Waals surface area contributed by atoms with Gasteiger partial charge in [-0.1, -0.05) is 58.4 Å². The standard InChI is InChI=1S/C26H21BrN2O3/c1-31-25-14-11-21(27)15-24(25)26(30)29-28-16-18-9-12-22(13-10-18)32-17-20-7-4-6-19-5-2-3-8-23(19)20/h2-16H,17H2,1H3,(H,29,30)/b28-16-. The molecule has 4 rings (SSSR count). The zero-order chi connectivity index (χ0) is 22.3. The molecule has 0 fully saturated rings. The van der Waals surface area contributed by atoms with E-state index in [0.717, 1.165) is 21.3 Å². The number of methoxy groups -OCH3 is 1. The van der Waals surface area contributed by atoms with Crippen molar-refractivity contribution < 1.29 is 14.3 Å². The summed E-state index contributed by atoms with van der Waals surface area (Å²) in [6, 6.07) is 27.2. The maximum absolute atomic E-state index is 12.4. The van der Waals surface area contributed by atoms with E-state index in [9.17, 15) is 4.79 Å². The number of rotatable bonds is 7. The maximum atomic E-state index is 12.4. The number of hydrogen-bond donors (Lipinski definition) is 1. The number of hydrazone groups is 1. The summed E-state index contributed by atoms with van der Waals surface area (Å²) in [6.45, 7) is 0.485. The molecule has 32 heavy (non-hydrogen) atoms. The fraction of sp³-hybridized carbons (Fsp3) is 0.0769. The van der Waals surface area contributed by atoms with Crippen molar-refractivity contribution in [2.45, 2.75) is 6.61 Å². The molecule has 4 aromatic carbocycles. The van der Waals surface area contributed by atoms with E-state index in [-0.39, 0.29) is 5.91 Å². The van der Waals surface area contributed by atoms with Crippen molar-refractivity contribution in [2.75, 3.05) is 7.11 Å². The van der Waals surface area contributed by atoms with E-state index < -0.39 is 0 Å². The molecule has 5 nitrogen and oxygen atoms in total. The monoisotopic (exact) mass is 488 g/mol. The lowest BCUT2D eigenvalue weighted by atomic mass is 10.1. The number of nitrogens with zero attached hydrogens (tertiary/aromatic N) is 1. The molecule has 0 bridgehead atoms. The third-order valence-electron chi connectivity index (χ3n) is 4.94. The summed E-state index contributed by atoms with van der Waals surface area (Å²) in [5.74, 6) is 0.890. The van der Waals surface area contributed by atoms with Crippen LogP contribution in [0.1, 0.15) is 21.5 Å². The van der Waals surface area contributed by atoms with Crippen LogP contribution in [0.15, 0.2) is 94.5 Å². The van der Waals surface area contributed by atoms with Gasteiger partial charge in [-0.15, -0.1) is 0 Å². The average molecular weight is 489 g/mol. The Morgan fingerprint density at radius 1 is 1.00 bits per heavy atom. The number of carbonyl (C=O) groups is 1. The zero-order valence-electron chi connectivity index (χ0n) is 17.4. The Morgan fingerprint density at radius 2 is 1.78 bits per heavy atom. The van der Waals surface area contributed by atoms with Gasteiger partial charge in [0.1, 0.15) is 18.1 Å². The van der Waals surface area contributed by atoms with Gasteiger partial charge in [-0.05, 0) is 64.4 Å². The van der Waals surface area contributed by atoms with Gasteiger partial charge in [0.25, 0.3) is 5.91 Å². The molecule has 0 saturated carbocycles. The molecule has 160 valence electrons. The first-order valence-corrected chi connectivity index (χ1v) is 10.8. The molecule has 0 aromatic heterocycles. The Hall–Kier alpha value is -3.64. The van der Waals surface area contributed by atoms with Gasteiger partial charge in [0, 0.05) is 4.47 Å². The van der Waals surface area contributed by atoms with Gasteiger partial charge in [-0.2, -0.15) is 5.10 Å². The molecule has 1 N–H and O–H groups in total. The first-order chi connectivity index (χ1) is 15.6. The van der Waals surface area contributed by atoms with Gasteiger partial charge in [0.05, 0.1) is 18.9 Å². The number of amides is 1. The van der Waals surface area contributed by atoms with Gasteiger partial charge < -0.3 is 9.47 Å².